The second-order valence-electron chi connectivity index (χ2n) is 16.0. The lowest BCUT2D eigenvalue weighted by atomic mass is 9.82. The van der Waals surface area contributed by atoms with Gasteiger partial charge in [0.25, 0.3) is 0 Å². The second kappa shape index (κ2) is 12.3. The van der Waals surface area contributed by atoms with Crippen molar-refractivity contribution in [1.29, 1.82) is 0 Å². The summed E-state index contributed by atoms with van der Waals surface area (Å²) in [5, 5.41) is 4.69. The molecule has 12 rings (SSSR count). The van der Waals surface area contributed by atoms with E-state index in [1.165, 1.54) is 44.3 Å². The highest BCUT2D eigenvalue weighted by Crippen LogP contribution is 2.54. The van der Waals surface area contributed by atoms with Gasteiger partial charge in [-0.25, -0.2) is 4.98 Å². The fraction of sp³-hybridized carbons (Fsp3) is 0.0556. The van der Waals surface area contributed by atoms with Crippen molar-refractivity contribution in [2.45, 2.75) is 19.3 Å². The van der Waals surface area contributed by atoms with E-state index in [1.807, 2.05) is 0 Å². The minimum atomic E-state index is -0.0903. The van der Waals surface area contributed by atoms with E-state index in [-0.39, 0.29) is 5.41 Å². The minimum Gasteiger partial charge on any atom is -0.310 e. The smallest absolute Gasteiger partial charge is 0.151 e. The van der Waals surface area contributed by atoms with E-state index in [0.717, 1.165) is 61.2 Å². The molecule has 4 heteroatoms. The molecule has 0 radical (unpaired) electrons. The lowest BCUT2D eigenvalue weighted by Gasteiger charge is -2.29. The van der Waals surface area contributed by atoms with Crippen LogP contribution in [0.15, 0.2) is 194 Å². The third kappa shape index (κ3) is 4.54. The van der Waals surface area contributed by atoms with Crippen LogP contribution in [0, 0.1) is 0 Å². The zero-order chi connectivity index (χ0) is 38.5. The van der Waals surface area contributed by atoms with Crippen LogP contribution in [-0.4, -0.2) is 14.0 Å². The molecule has 0 aliphatic heterocycles. The molecule has 274 valence electrons. The van der Waals surface area contributed by atoms with Crippen molar-refractivity contribution in [3.8, 4) is 27.9 Å². The van der Waals surface area contributed by atoms with Gasteiger partial charge in [0, 0.05) is 44.2 Å². The summed E-state index contributed by atoms with van der Waals surface area (Å²) in [6.45, 7) is 4.70. The molecule has 1 aliphatic carbocycles. The van der Waals surface area contributed by atoms with Crippen molar-refractivity contribution in [2.75, 3.05) is 4.90 Å². The first-order chi connectivity index (χ1) is 28.6. The lowest BCUT2D eigenvalue weighted by molar-refractivity contribution is 0.660. The number of hydrogen-bond donors (Lipinski definition) is 0. The van der Waals surface area contributed by atoms with E-state index in [1.54, 1.807) is 0 Å². The van der Waals surface area contributed by atoms with Crippen LogP contribution in [0.5, 0.6) is 0 Å². The first-order valence-electron chi connectivity index (χ1n) is 20.1. The molecule has 0 spiro atoms. The number of rotatable bonds is 5. The molecule has 3 heterocycles. The van der Waals surface area contributed by atoms with Crippen molar-refractivity contribution in [1.82, 2.24) is 14.0 Å². The molecule has 0 saturated heterocycles. The largest absolute Gasteiger partial charge is 0.310 e. The topological polar surface area (TPSA) is 25.5 Å². The van der Waals surface area contributed by atoms with Gasteiger partial charge in [-0.15, -0.1) is 0 Å². The van der Waals surface area contributed by atoms with Crippen molar-refractivity contribution >= 4 is 66.5 Å². The molecule has 0 fully saturated rings. The van der Waals surface area contributed by atoms with E-state index in [9.17, 15) is 0 Å². The predicted molar refractivity (Wildman–Crippen MR) is 242 cm³/mol. The molecule has 11 aromatic rings. The summed E-state index contributed by atoms with van der Waals surface area (Å²) in [7, 11) is 0. The standard InChI is InChI=1S/C54H38N4/c1-54(2)44-26-13-11-23-42(44)50-45(54)27-16-30-48(50)56(36-17-5-3-6-18-36)38-33-31-35(32-34-38)39-25-15-29-47-49(39)40-21-9-10-22-41(40)52-55-51-43-24-12-14-28-46(43)57(53(51)58(47)52)37-19-7-4-8-20-37/h3-34H,1-2H3. The molecular weight excluding hydrogens is 705 g/mol. The Morgan fingerprint density at radius 1 is 0.483 bits per heavy atom. The molecule has 0 unspecified atom stereocenters. The Kier molecular flexibility index (Phi) is 6.94. The Balaban J connectivity index is 1.09. The van der Waals surface area contributed by atoms with Gasteiger partial charge in [0.1, 0.15) is 11.2 Å². The van der Waals surface area contributed by atoms with Gasteiger partial charge in [-0.05, 0) is 87.8 Å². The summed E-state index contributed by atoms with van der Waals surface area (Å²) < 4.78 is 4.77. The Bertz CT molecular complexity index is 3410. The third-order valence-corrected chi connectivity index (χ3v) is 12.5. The predicted octanol–water partition coefficient (Wildman–Crippen LogP) is 14.2. The van der Waals surface area contributed by atoms with Crippen molar-refractivity contribution in [3.05, 3.63) is 205 Å². The summed E-state index contributed by atoms with van der Waals surface area (Å²) in [6, 6.07) is 70.4. The van der Waals surface area contributed by atoms with Gasteiger partial charge in [0.2, 0.25) is 0 Å². The van der Waals surface area contributed by atoms with Gasteiger partial charge in [0.15, 0.2) is 5.65 Å². The molecule has 1 aliphatic rings. The number of nitrogens with zero attached hydrogens (tertiary/aromatic N) is 4. The first kappa shape index (κ1) is 32.8. The molecule has 0 N–H and O–H groups in total. The number of hydrogen-bond acceptors (Lipinski definition) is 2. The molecule has 3 aromatic heterocycles. The molecular formula is C54H38N4. The van der Waals surface area contributed by atoms with Crippen LogP contribution in [0.25, 0.3) is 77.3 Å². The molecule has 0 atom stereocenters. The van der Waals surface area contributed by atoms with E-state index in [2.05, 4.69) is 222 Å². The van der Waals surface area contributed by atoms with Gasteiger partial charge >= 0.3 is 0 Å². The Morgan fingerprint density at radius 3 is 1.90 bits per heavy atom. The van der Waals surface area contributed by atoms with Crippen LogP contribution in [0.3, 0.4) is 0 Å². The number of benzene rings is 8. The maximum Gasteiger partial charge on any atom is 0.151 e. The van der Waals surface area contributed by atoms with Gasteiger partial charge in [-0.3, -0.25) is 8.97 Å². The Morgan fingerprint density at radius 2 is 1.09 bits per heavy atom. The maximum atomic E-state index is 5.44. The zero-order valence-corrected chi connectivity index (χ0v) is 32.3. The summed E-state index contributed by atoms with van der Waals surface area (Å²) >= 11 is 0. The van der Waals surface area contributed by atoms with Crippen LogP contribution in [0.1, 0.15) is 25.0 Å². The van der Waals surface area contributed by atoms with Crippen molar-refractivity contribution in [2.24, 2.45) is 0 Å². The fourth-order valence-corrected chi connectivity index (χ4v) is 9.89. The quantitative estimate of drug-likeness (QED) is 0.164. The summed E-state index contributed by atoms with van der Waals surface area (Å²) in [6.07, 6.45) is 0. The summed E-state index contributed by atoms with van der Waals surface area (Å²) in [4.78, 5) is 7.87. The van der Waals surface area contributed by atoms with Gasteiger partial charge in [0.05, 0.1) is 16.7 Å². The highest BCUT2D eigenvalue weighted by molar-refractivity contribution is 6.20. The van der Waals surface area contributed by atoms with Crippen molar-refractivity contribution < 1.29 is 0 Å². The number of para-hydroxylation sites is 3. The molecule has 8 aromatic carbocycles. The molecule has 0 bridgehead atoms. The Hall–Kier alpha value is -7.43. The average molecular weight is 743 g/mol. The molecule has 4 nitrogen and oxygen atoms in total. The first-order valence-corrected chi connectivity index (χ1v) is 20.1. The minimum absolute atomic E-state index is 0.0903. The van der Waals surface area contributed by atoms with Crippen LogP contribution in [0.4, 0.5) is 17.1 Å². The van der Waals surface area contributed by atoms with Gasteiger partial charge < -0.3 is 4.90 Å². The monoisotopic (exact) mass is 742 g/mol. The number of pyridine rings is 1. The Labute approximate surface area is 336 Å². The summed E-state index contributed by atoms with van der Waals surface area (Å²) in [5.41, 5.74) is 17.5. The number of fused-ring (bicyclic) bond motifs is 13. The van der Waals surface area contributed by atoms with Crippen LogP contribution < -0.4 is 4.90 Å². The van der Waals surface area contributed by atoms with Crippen LogP contribution >= 0.6 is 0 Å². The number of aromatic nitrogens is 3. The summed E-state index contributed by atoms with van der Waals surface area (Å²) in [5.74, 6) is 0. The SMILES string of the molecule is CC1(C)c2ccccc2-c2c(N(c3ccccc3)c3ccc(-c4cccc5c4c4ccccc4c4nc6c7ccccc7n(-c7ccccc7)c6n54)cc3)cccc21. The molecule has 0 saturated carbocycles. The fourth-order valence-electron chi connectivity index (χ4n) is 9.89. The normalized spacial score (nSPS) is 13.1. The molecule has 0 amide bonds. The van der Waals surface area contributed by atoms with E-state index < -0.39 is 0 Å². The highest BCUT2D eigenvalue weighted by Gasteiger charge is 2.37. The van der Waals surface area contributed by atoms with Crippen LogP contribution in [-0.2, 0) is 5.41 Å². The maximum absolute atomic E-state index is 5.44. The second-order valence-corrected chi connectivity index (χ2v) is 16.0. The number of imidazole rings is 1. The van der Waals surface area contributed by atoms with Crippen molar-refractivity contribution in [3.63, 3.8) is 0 Å². The zero-order valence-electron chi connectivity index (χ0n) is 32.3. The van der Waals surface area contributed by atoms with E-state index in [0.29, 0.717) is 0 Å². The molecule has 58 heavy (non-hydrogen) atoms. The van der Waals surface area contributed by atoms with E-state index >= 15 is 0 Å². The lowest BCUT2D eigenvalue weighted by Crippen LogP contribution is -2.16. The van der Waals surface area contributed by atoms with E-state index in [4.69, 9.17) is 4.98 Å². The van der Waals surface area contributed by atoms with Gasteiger partial charge in [-0.1, -0.05) is 153 Å². The highest BCUT2D eigenvalue weighted by atomic mass is 15.2. The average Bonchev–Trinajstić information content (AvgIpc) is 3.90. The third-order valence-electron chi connectivity index (χ3n) is 12.5. The number of anilines is 3. The van der Waals surface area contributed by atoms with Crippen LogP contribution in [0.2, 0.25) is 0 Å². The van der Waals surface area contributed by atoms with Gasteiger partial charge in [-0.2, -0.15) is 0 Å².